The smallest absolute Gasteiger partial charge is 0.227 e. The van der Waals surface area contributed by atoms with Crippen molar-refractivity contribution in [2.75, 3.05) is 31.1 Å². The first kappa shape index (κ1) is 15.6. The van der Waals surface area contributed by atoms with Gasteiger partial charge < -0.3 is 9.80 Å². The third-order valence-electron chi connectivity index (χ3n) is 5.16. The Labute approximate surface area is 145 Å². The highest BCUT2D eigenvalue weighted by atomic mass is 32.1. The van der Waals surface area contributed by atoms with Crippen molar-refractivity contribution in [1.82, 2.24) is 20.1 Å². The zero-order chi connectivity index (χ0) is 16.4. The molecular weight excluding hydrogens is 322 g/mol. The van der Waals surface area contributed by atoms with Crippen LogP contribution in [0, 0.1) is 5.92 Å². The van der Waals surface area contributed by atoms with Crippen LogP contribution in [0.1, 0.15) is 37.3 Å². The van der Waals surface area contributed by atoms with E-state index in [4.69, 9.17) is 0 Å². The molecule has 0 spiro atoms. The van der Waals surface area contributed by atoms with Crippen molar-refractivity contribution in [3.8, 4) is 0 Å². The average Bonchev–Trinajstić information content (AvgIpc) is 3.35. The molecular formula is C17H23N5OS. The monoisotopic (exact) mass is 345 g/mol. The number of aromatic amines is 1. The summed E-state index contributed by atoms with van der Waals surface area (Å²) < 4.78 is 0. The minimum absolute atomic E-state index is 0.100. The molecule has 1 amide bonds. The summed E-state index contributed by atoms with van der Waals surface area (Å²) in [6.07, 6.45) is 7.88. The van der Waals surface area contributed by atoms with Crippen LogP contribution >= 0.6 is 11.3 Å². The largest absolute Gasteiger partial charge is 0.347 e. The quantitative estimate of drug-likeness (QED) is 0.928. The number of hydrogen-bond acceptors (Lipinski definition) is 5. The Morgan fingerprint density at radius 3 is 2.92 bits per heavy atom. The third kappa shape index (κ3) is 3.17. The molecule has 128 valence electrons. The lowest BCUT2D eigenvalue weighted by Crippen LogP contribution is -2.47. The van der Waals surface area contributed by atoms with Gasteiger partial charge in [-0.05, 0) is 31.7 Å². The van der Waals surface area contributed by atoms with Crippen molar-refractivity contribution in [2.45, 2.75) is 31.6 Å². The lowest BCUT2D eigenvalue weighted by Gasteiger charge is -2.38. The number of H-pyrrole nitrogens is 1. The van der Waals surface area contributed by atoms with Crippen molar-refractivity contribution in [1.29, 1.82) is 0 Å². The molecule has 4 heterocycles. The van der Waals surface area contributed by atoms with Crippen molar-refractivity contribution < 1.29 is 4.79 Å². The second-order valence-electron chi connectivity index (χ2n) is 6.74. The molecule has 2 fully saturated rings. The second kappa shape index (κ2) is 6.93. The zero-order valence-corrected chi connectivity index (χ0v) is 14.5. The fraction of sp³-hybridized carbons (Fsp3) is 0.588. The molecule has 0 aromatic carbocycles. The second-order valence-corrected chi connectivity index (χ2v) is 7.61. The number of thiazole rings is 1. The first-order valence-electron chi connectivity index (χ1n) is 8.74. The molecule has 0 radical (unpaired) electrons. The molecule has 2 aliphatic heterocycles. The number of anilines is 1. The molecule has 0 unspecified atom stereocenters. The summed E-state index contributed by atoms with van der Waals surface area (Å²) in [7, 11) is 0. The highest BCUT2D eigenvalue weighted by molar-refractivity contribution is 7.13. The molecule has 4 rings (SSSR count). The average molecular weight is 345 g/mol. The molecule has 0 aliphatic carbocycles. The Hall–Kier alpha value is -1.89. The van der Waals surface area contributed by atoms with E-state index < -0.39 is 0 Å². The van der Waals surface area contributed by atoms with Crippen LogP contribution in [-0.2, 0) is 4.79 Å². The van der Waals surface area contributed by atoms with Gasteiger partial charge in [-0.1, -0.05) is 0 Å². The van der Waals surface area contributed by atoms with Gasteiger partial charge in [0.25, 0.3) is 0 Å². The van der Waals surface area contributed by atoms with Crippen LogP contribution in [0.25, 0.3) is 0 Å². The van der Waals surface area contributed by atoms with Gasteiger partial charge in [-0.25, -0.2) is 4.98 Å². The topological polar surface area (TPSA) is 65.1 Å². The van der Waals surface area contributed by atoms with Crippen molar-refractivity contribution in [3.63, 3.8) is 0 Å². The van der Waals surface area contributed by atoms with E-state index >= 15 is 0 Å². The molecule has 6 nitrogen and oxygen atoms in total. The minimum Gasteiger partial charge on any atom is -0.347 e. The Bertz CT molecular complexity index is 600. The number of piperidine rings is 2. The van der Waals surface area contributed by atoms with Crippen molar-refractivity contribution >= 4 is 22.4 Å². The van der Waals surface area contributed by atoms with E-state index in [-0.39, 0.29) is 5.92 Å². The van der Waals surface area contributed by atoms with Gasteiger partial charge in [-0.2, -0.15) is 5.10 Å². The molecule has 2 aliphatic rings. The predicted molar refractivity (Wildman–Crippen MR) is 94.2 cm³/mol. The van der Waals surface area contributed by atoms with Gasteiger partial charge in [-0.15, -0.1) is 11.3 Å². The number of carbonyl (C=O) groups excluding carboxylic acids is 1. The maximum Gasteiger partial charge on any atom is 0.227 e. The molecule has 2 saturated heterocycles. The van der Waals surface area contributed by atoms with Gasteiger partial charge >= 0.3 is 0 Å². The van der Waals surface area contributed by atoms with E-state index in [9.17, 15) is 4.79 Å². The molecule has 24 heavy (non-hydrogen) atoms. The highest BCUT2D eigenvalue weighted by Crippen LogP contribution is 2.29. The van der Waals surface area contributed by atoms with Gasteiger partial charge in [0, 0.05) is 55.6 Å². The Morgan fingerprint density at radius 1 is 1.21 bits per heavy atom. The minimum atomic E-state index is 0.100. The normalized spacial score (nSPS) is 25.0. The van der Waals surface area contributed by atoms with E-state index in [0.29, 0.717) is 11.8 Å². The van der Waals surface area contributed by atoms with Crippen molar-refractivity contribution in [3.05, 3.63) is 29.5 Å². The van der Waals surface area contributed by atoms with Crippen LogP contribution in [0.4, 0.5) is 5.13 Å². The number of nitrogens with one attached hydrogen (secondary N) is 1. The molecule has 1 N–H and O–H groups in total. The predicted octanol–water partition coefficient (Wildman–Crippen LogP) is 2.49. The van der Waals surface area contributed by atoms with Gasteiger partial charge in [0.15, 0.2) is 5.13 Å². The first-order chi connectivity index (χ1) is 11.8. The summed E-state index contributed by atoms with van der Waals surface area (Å²) in [5, 5.41) is 10.2. The van der Waals surface area contributed by atoms with Crippen molar-refractivity contribution in [2.24, 2.45) is 5.92 Å². The maximum atomic E-state index is 13.0. The number of nitrogens with zero attached hydrogens (tertiary/aromatic N) is 4. The third-order valence-corrected chi connectivity index (χ3v) is 5.99. The maximum absolute atomic E-state index is 13.0. The molecule has 2 aromatic heterocycles. The molecule has 7 heteroatoms. The first-order valence-corrected chi connectivity index (χ1v) is 9.62. The number of rotatable bonds is 3. The summed E-state index contributed by atoms with van der Waals surface area (Å²) in [5.41, 5.74) is 1.15. The van der Waals surface area contributed by atoms with Crippen LogP contribution in [-0.4, -0.2) is 52.2 Å². The Kier molecular flexibility index (Phi) is 4.51. The lowest BCUT2D eigenvalue weighted by atomic mass is 9.91. The molecule has 2 aromatic rings. The van der Waals surface area contributed by atoms with Crippen LogP contribution in [0.2, 0.25) is 0 Å². The van der Waals surface area contributed by atoms with Gasteiger partial charge in [0.2, 0.25) is 5.91 Å². The van der Waals surface area contributed by atoms with E-state index in [0.717, 1.165) is 62.7 Å². The Morgan fingerprint density at radius 2 is 2.12 bits per heavy atom. The number of amides is 1. The number of aromatic nitrogens is 3. The highest BCUT2D eigenvalue weighted by Gasteiger charge is 2.33. The summed E-state index contributed by atoms with van der Waals surface area (Å²) >= 11 is 1.66. The van der Waals surface area contributed by atoms with Crippen LogP contribution in [0.5, 0.6) is 0 Å². The summed E-state index contributed by atoms with van der Waals surface area (Å²) in [5.74, 6) is 0.812. The van der Waals surface area contributed by atoms with Crippen LogP contribution in [0.15, 0.2) is 23.8 Å². The zero-order valence-electron chi connectivity index (χ0n) is 13.7. The van der Waals surface area contributed by atoms with E-state index in [2.05, 4.69) is 25.0 Å². The van der Waals surface area contributed by atoms with Crippen LogP contribution in [0.3, 0.4) is 0 Å². The SMILES string of the molecule is O=C([C@H]1CCCN(c2nccs2)C1)N1CCC[C@H](c2ccn[nH]2)C1. The lowest BCUT2D eigenvalue weighted by molar-refractivity contribution is -0.137. The van der Waals surface area contributed by atoms with E-state index in [1.54, 1.807) is 17.5 Å². The van der Waals surface area contributed by atoms with E-state index in [1.807, 2.05) is 17.6 Å². The Balaban J connectivity index is 1.41. The van der Waals surface area contributed by atoms with Gasteiger partial charge in [0.1, 0.15) is 0 Å². The fourth-order valence-corrected chi connectivity index (χ4v) is 4.59. The van der Waals surface area contributed by atoms with E-state index in [1.165, 1.54) is 0 Å². The summed E-state index contributed by atoms with van der Waals surface area (Å²) in [6.45, 7) is 3.51. The van der Waals surface area contributed by atoms with Crippen LogP contribution < -0.4 is 4.90 Å². The number of carbonyl (C=O) groups is 1. The summed E-state index contributed by atoms with van der Waals surface area (Å²) in [4.78, 5) is 21.8. The summed E-state index contributed by atoms with van der Waals surface area (Å²) in [6, 6.07) is 2.03. The molecule has 2 atom stereocenters. The standard InChI is InChI=1S/C17H23N5OS/c23-16(14-4-2-9-22(12-14)17-18-7-10-24-17)21-8-1-3-13(11-21)15-5-6-19-20-15/h5-7,10,13-14H,1-4,8-9,11-12H2,(H,19,20)/t13-,14-/m0/s1. The molecule has 0 saturated carbocycles. The van der Waals surface area contributed by atoms with Gasteiger partial charge in [-0.3, -0.25) is 9.89 Å². The molecule has 0 bridgehead atoms. The van der Waals surface area contributed by atoms with Gasteiger partial charge in [0.05, 0.1) is 5.92 Å². The number of hydrogen-bond donors (Lipinski definition) is 1. The number of likely N-dealkylation sites (tertiary alicyclic amines) is 1. The fourth-order valence-electron chi connectivity index (χ4n) is 3.91.